The Labute approximate surface area is 78.8 Å². The van der Waals surface area contributed by atoms with Gasteiger partial charge in [-0.3, -0.25) is 9.78 Å². The second kappa shape index (κ2) is 4.37. The monoisotopic (exact) mass is 332 g/mol. The molecule has 2 radical (unpaired) electrons. The van der Waals surface area contributed by atoms with Crippen LogP contribution in [0.1, 0.15) is 10.4 Å². The van der Waals surface area contributed by atoms with Gasteiger partial charge in [0.1, 0.15) is 0 Å². The van der Waals surface area contributed by atoms with E-state index in [1.54, 1.807) is 18.3 Å². The number of nitrogens with two attached hydrogens (primary N) is 1. The SMILES string of the molecule is NC(=O)c1cccnc1.[PbH2]. The minimum atomic E-state index is -0.442. The van der Waals surface area contributed by atoms with E-state index in [0.29, 0.717) is 5.56 Å². The molecule has 0 aliphatic rings. The van der Waals surface area contributed by atoms with E-state index in [0.717, 1.165) is 0 Å². The zero-order chi connectivity index (χ0) is 6.69. The van der Waals surface area contributed by atoms with Gasteiger partial charge in [0.15, 0.2) is 0 Å². The minimum absolute atomic E-state index is 0. The van der Waals surface area contributed by atoms with Crippen LogP contribution in [0.4, 0.5) is 0 Å². The molecule has 0 saturated carbocycles. The fraction of sp³-hybridized carbons (Fsp3) is 0. The van der Waals surface area contributed by atoms with Crippen molar-refractivity contribution in [3.63, 3.8) is 0 Å². The summed E-state index contributed by atoms with van der Waals surface area (Å²) in [5.74, 6) is -0.442. The number of amides is 1. The Bertz CT molecular complexity index is 212. The quantitative estimate of drug-likeness (QED) is 0.690. The van der Waals surface area contributed by atoms with E-state index in [2.05, 4.69) is 4.98 Å². The van der Waals surface area contributed by atoms with Crippen LogP contribution in [-0.4, -0.2) is 38.2 Å². The molecule has 0 aliphatic carbocycles. The molecule has 0 fully saturated rings. The van der Waals surface area contributed by atoms with Crippen LogP contribution in [0.15, 0.2) is 24.5 Å². The molecule has 1 aromatic rings. The molecule has 10 heavy (non-hydrogen) atoms. The van der Waals surface area contributed by atoms with Crippen LogP contribution >= 0.6 is 0 Å². The fourth-order valence-corrected chi connectivity index (χ4v) is 0.509. The van der Waals surface area contributed by atoms with Gasteiger partial charge in [-0.15, -0.1) is 0 Å². The van der Waals surface area contributed by atoms with Crippen molar-refractivity contribution in [1.82, 2.24) is 4.98 Å². The van der Waals surface area contributed by atoms with Gasteiger partial charge in [-0.05, 0) is 12.1 Å². The topological polar surface area (TPSA) is 56.0 Å². The van der Waals surface area contributed by atoms with E-state index in [9.17, 15) is 4.79 Å². The summed E-state index contributed by atoms with van der Waals surface area (Å²) < 4.78 is 0. The van der Waals surface area contributed by atoms with Gasteiger partial charge >= 0.3 is 27.3 Å². The van der Waals surface area contributed by atoms with Gasteiger partial charge in [-0.25, -0.2) is 0 Å². The van der Waals surface area contributed by atoms with Crippen LogP contribution in [0.3, 0.4) is 0 Å². The molecule has 2 N–H and O–H groups in total. The fourth-order valence-electron chi connectivity index (χ4n) is 0.509. The molecule has 0 aromatic carbocycles. The number of primary amides is 1. The van der Waals surface area contributed by atoms with Gasteiger partial charge in [0.25, 0.3) is 0 Å². The van der Waals surface area contributed by atoms with Crippen molar-refractivity contribution in [2.75, 3.05) is 0 Å². The molecule has 1 rings (SSSR count). The van der Waals surface area contributed by atoms with Crippen molar-refractivity contribution in [3.8, 4) is 0 Å². The number of nitrogens with zero attached hydrogens (tertiary/aromatic N) is 1. The molecule has 52 valence electrons. The summed E-state index contributed by atoms with van der Waals surface area (Å²) >= 11 is 0. The molecule has 1 aromatic heterocycles. The Morgan fingerprint density at radius 2 is 2.30 bits per heavy atom. The summed E-state index contributed by atoms with van der Waals surface area (Å²) in [6.45, 7) is 0. The van der Waals surface area contributed by atoms with E-state index >= 15 is 0 Å². The number of aromatic nitrogens is 1. The zero-order valence-corrected chi connectivity index (χ0v) is 10.9. The van der Waals surface area contributed by atoms with Crippen molar-refractivity contribution in [1.29, 1.82) is 0 Å². The van der Waals surface area contributed by atoms with Crippen LogP contribution in [0.5, 0.6) is 0 Å². The first kappa shape index (κ1) is 9.54. The molecule has 0 aliphatic heterocycles. The number of hydrogen-bond donors (Lipinski definition) is 1. The van der Waals surface area contributed by atoms with Gasteiger partial charge in [0.05, 0.1) is 5.56 Å². The van der Waals surface area contributed by atoms with E-state index in [1.165, 1.54) is 6.20 Å². The van der Waals surface area contributed by atoms with Gasteiger partial charge < -0.3 is 5.73 Å². The first-order chi connectivity index (χ1) is 4.30. The van der Waals surface area contributed by atoms with Crippen molar-refractivity contribution in [3.05, 3.63) is 30.1 Å². The van der Waals surface area contributed by atoms with Gasteiger partial charge in [-0.1, -0.05) is 0 Å². The normalized spacial score (nSPS) is 8.00. The summed E-state index contributed by atoms with van der Waals surface area (Å²) in [7, 11) is 0. The van der Waals surface area contributed by atoms with Gasteiger partial charge in [-0.2, -0.15) is 0 Å². The molecule has 0 saturated heterocycles. The Kier molecular flexibility index (Phi) is 4.17. The maximum atomic E-state index is 10.4. The van der Waals surface area contributed by atoms with Crippen molar-refractivity contribution < 1.29 is 4.79 Å². The Morgan fingerprint density at radius 3 is 2.60 bits per heavy atom. The summed E-state index contributed by atoms with van der Waals surface area (Å²) in [5, 5.41) is 0. The number of carbonyl (C=O) groups excluding carboxylic acids is 1. The van der Waals surface area contributed by atoms with Crippen molar-refractivity contribution in [2.24, 2.45) is 5.73 Å². The molecular formula is C6H8N2OPb. The van der Waals surface area contributed by atoms with E-state index in [4.69, 9.17) is 5.73 Å². The van der Waals surface area contributed by atoms with E-state index in [1.807, 2.05) is 0 Å². The second-order valence-corrected chi connectivity index (χ2v) is 1.61. The van der Waals surface area contributed by atoms with E-state index in [-0.39, 0.29) is 27.3 Å². The second-order valence-electron chi connectivity index (χ2n) is 1.61. The molecule has 0 unspecified atom stereocenters. The predicted octanol–water partition coefficient (Wildman–Crippen LogP) is -0.736. The van der Waals surface area contributed by atoms with Crippen LogP contribution in [0.25, 0.3) is 0 Å². The number of carbonyl (C=O) groups is 1. The maximum absolute atomic E-state index is 10.4. The summed E-state index contributed by atoms with van der Waals surface area (Å²) in [6.07, 6.45) is 3.02. The molecule has 1 amide bonds. The average molecular weight is 331 g/mol. The molecule has 0 atom stereocenters. The molecule has 0 bridgehead atoms. The summed E-state index contributed by atoms with van der Waals surface area (Å²) in [5.41, 5.74) is 5.38. The van der Waals surface area contributed by atoms with E-state index < -0.39 is 5.91 Å². The Morgan fingerprint density at radius 1 is 1.60 bits per heavy atom. The number of pyridine rings is 1. The van der Waals surface area contributed by atoms with Crippen LogP contribution in [0.2, 0.25) is 0 Å². The third kappa shape index (κ3) is 2.42. The van der Waals surface area contributed by atoms with Crippen molar-refractivity contribution in [2.45, 2.75) is 0 Å². The first-order valence-corrected chi connectivity index (χ1v) is 2.50. The van der Waals surface area contributed by atoms with Gasteiger partial charge in [0.2, 0.25) is 5.91 Å². The third-order valence-corrected chi connectivity index (χ3v) is 0.946. The number of hydrogen-bond acceptors (Lipinski definition) is 2. The molecule has 3 nitrogen and oxygen atoms in total. The van der Waals surface area contributed by atoms with Crippen LogP contribution in [-0.2, 0) is 0 Å². The summed E-state index contributed by atoms with van der Waals surface area (Å²) in [4.78, 5) is 14.1. The number of rotatable bonds is 1. The predicted molar refractivity (Wildman–Crippen MR) is 41.3 cm³/mol. The third-order valence-electron chi connectivity index (χ3n) is 0.946. The van der Waals surface area contributed by atoms with Crippen LogP contribution < -0.4 is 5.73 Å². The molecule has 0 spiro atoms. The van der Waals surface area contributed by atoms with Gasteiger partial charge in [0, 0.05) is 12.4 Å². The van der Waals surface area contributed by atoms with Crippen molar-refractivity contribution >= 4 is 33.2 Å². The van der Waals surface area contributed by atoms with Crippen LogP contribution in [0, 0.1) is 0 Å². The average Bonchev–Trinajstić information content (AvgIpc) is 1.90. The molecular weight excluding hydrogens is 323 g/mol. The standard InChI is InChI=1S/C6H6N2O.Pb.2H/c7-6(9)5-2-1-3-8-4-5;;;/h1-4H,(H2,7,9);;;. The first-order valence-electron chi connectivity index (χ1n) is 2.50. The Balaban J connectivity index is 0.000000810. The molecule has 1 heterocycles. The molecule has 4 heteroatoms. The zero-order valence-electron chi connectivity index (χ0n) is 5.45. The Hall–Kier alpha value is -0.458. The summed E-state index contributed by atoms with van der Waals surface area (Å²) in [6, 6.07) is 3.29.